The molecule has 0 radical (unpaired) electrons. The van der Waals surface area contributed by atoms with Crippen LogP contribution in [0.3, 0.4) is 0 Å². The maximum Gasteiger partial charge on any atom is 0.251 e. The fourth-order valence-corrected chi connectivity index (χ4v) is 1.58. The molecule has 0 aliphatic rings. The third kappa shape index (κ3) is 3.32. The van der Waals surface area contributed by atoms with Crippen LogP contribution < -0.4 is 5.32 Å². The van der Waals surface area contributed by atoms with Crippen LogP contribution in [0.25, 0.3) is 0 Å². The van der Waals surface area contributed by atoms with E-state index in [-0.39, 0.29) is 5.91 Å². The van der Waals surface area contributed by atoms with Crippen LogP contribution in [0.2, 0.25) is 0 Å². The minimum atomic E-state index is -0.0640. The molecular weight excluding hydrogens is 258 g/mol. The second-order valence-electron chi connectivity index (χ2n) is 3.16. The molecule has 0 atom stereocenters. The van der Waals surface area contributed by atoms with Crippen molar-refractivity contribution in [2.45, 2.75) is 6.92 Å². The molecule has 1 aromatic carbocycles. The van der Waals surface area contributed by atoms with Gasteiger partial charge in [-0.25, -0.2) is 0 Å². The molecule has 0 aliphatic heterocycles. The second kappa shape index (κ2) is 5.88. The molecular formula is C11H14BrNO2. The van der Waals surface area contributed by atoms with Gasteiger partial charge in [-0.3, -0.25) is 4.79 Å². The molecule has 0 aromatic heterocycles. The van der Waals surface area contributed by atoms with Crippen molar-refractivity contribution in [2.24, 2.45) is 0 Å². The lowest BCUT2D eigenvalue weighted by molar-refractivity contribution is 0.0936. The predicted molar refractivity (Wildman–Crippen MR) is 63.1 cm³/mol. The minimum Gasteiger partial charge on any atom is -0.383 e. The molecule has 0 aliphatic carbocycles. The van der Waals surface area contributed by atoms with Gasteiger partial charge in [0, 0.05) is 23.7 Å². The van der Waals surface area contributed by atoms with E-state index in [9.17, 15) is 4.79 Å². The first kappa shape index (κ1) is 12.2. The molecule has 82 valence electrons. The molecule has 0 heterocycles. The maximum atomic E-state index is 11.7. The molecule has 1 aromatic rings. The van der Waals surface area contributed by atoms with Crippen LogP contribution in [0.1, 0.15) is 15.9 Å². The van der Waals surface area contributed by atoms with E-state index in [2.05, 4.69) is 21.2 Å². The minimum absolute atomic E-state index is 0.0640. The second-order valence-corrected chi connectivity index (χ2v) is 4.02. The zero-order chi connectivity index (χ0) is 11.3. The lowest BCUT2D eigenvalue weighted by atomic mass is 10.1. The van der Waals surface area contributed by atoms with E-state index in [0.29, 0.717) is 18.7 Å². The number of benzene rings is 1. The fraction of sp³-hybridized carbons (Fsp3) is 0.364. The van der Waals surface area contributed by atoms with Crippen molar-refractivity contribution in [3.8, 4) is 0 Å². The molecule has 4 heteroatoms. The van der Waals surface area contributed by atoms with Crippen molar-refractivity contribution in [3.05, 3.63) is 33.8 Å². The normalized spacial score (nSPS) is 10.1. The van der Waals surface area contributed by atoms with Gasteiger partial charge in [0.25, 0.3) is 5.91 Å². The predicted octanol–water partition coefficient (Wildman–Crippen LogP) is 2.13. The van der Waals surface area contributed by atoms with E-state index in [1.807, 2.05) is 25.1 Å². The Morgan fingerprint density at radius 3 is 2.93 bits per heavy atom. The molecule has 1 rings (SSSR count). The molecule has 1 N–H and O–H groups in total. The molecule has 0 unspecified atom stereocenters. The SMILES string of the molecule is COCCNC(=O)c1cccc(Br)c1C. The summed E-state index contributed by atoms with van der Waals surface area (Å²) in [7, 11) is 1.61. The molecule has 0 fully saturated rings. The van der Waals surface area contributed by atoms with Crippen molar-refractivity contribution in [3.63, 3.8) is 0 Å². The number of methoxy groups -OCH3 is 1. The summed E-state index contributed by atoms with van der Waals surface area (Å²) in [5.74, 6) is -0.0640. The zero-order valence-electron chi connectivity index (χ0n) is 8.84. The lowest BCUT2D eigenvalue weighted by Gasteiger charge is -2.08. The summed E-state index contributed by atoms with van der Waals surface area (Å²) in [6, 6.07) is 5.58. The third-order valence-corrected chi connectivity index (χ3v) is 2.96. The van der Waals surface area contributed by atoms with Gasteiger partial charge < -0.3 is 10.1 Å². The standard InChI is InChI=1S/C11H14BrNO2/c1-8-9(4-3-5-10(8)12)11(14)13-6-7-15-2/h3-5H,6-7H2,1-2H3,(H,13,14). The molecule has 15 heavy (non-hydrogen) atoms. The van der Waals surface area contributed by atoms with E-state index < -0.39 is 0 Å². The van der Waals surface area contributed by atoms with Gasteiger partial charge in [-0.05, 0) is 24.6 Å². The summed E-state index contributed by atoms with van der Waals surface area (Å²) in [6.07, 6.45) is 0. The molecule has 0 spiro atoms. The number of nitrogens with one attached hydrogen (secondary N) is 1. The first-order chi connectivity index (χ1) is 7.16. The molecule has 1 amide bonds. The first-order valence-electron chi connectivity index (χ1n) is 4.69. The number of ether oxygens (including phenoxy) is 1. The fourth-order valence-electron chi connectivity index (χ4n) is 1.22. The van der Waals surface area contributed by atoms with Crippen LogP contribution in [0.5, 0.6) is 0 Å². The van der Waals surface area contributed by atoms with E-state index in [1.54, 1.807) is 7.11 Å². The lowest BCUT2D eigenvalue weighted by Crippen LogP contribution is -2.27. The van der Waals surface area contributed by atoms with Crippen molar-refractivity contribution in [1.29, 1.82) is 0 Å². The first-order valence-corrected chi connectivity index (χ1v) is 5.48. The summed E-state index contributed by atoms with van der Waals surface area (Å²) in [5.41, 5.74) is 1.65. The largest absolute Gasteiger partial charge is 0.383 e. The Morgan fingerprint density at radius 1 is 1.53 bits per heavy atom. The van der Waals surface area contributed by atoms with E-state index in [4.69, 9.17) is 4.74 Å². The summed E-state index contributed by atoms with van der Waals surface area (Å²) in [4.78, 5) is 11.7. The quantitative estimate of drug-likeness (QED) is 0.853. The van der Waals surface area contributed by atoms with Gasteiger partial charge in [-0.2, -0.15) is 0 Å². The van der Waals surface area contributed by atoms with Gasteiger partial charge in [-0.15, -0.1) is 0 Å². The third-order valence-electron chi connectivity index (χ3n) is 2.10. The molecule has 0 saturated carbocycles. The van der Waals surface area contributed by atoms with Crippen molar-refractivity contribution < 1.29 is 9.53 Å². The zero-order valence-corrected chi connectivity index (χ0v) is 10.4. The summed E-state index contributed by atoms with van der Waals surface area (Å²) in [6.45, 7) is 2.97. The van der Waals surface area contributed by atoms with Crippen molar-refractivity contribution in [1.82, 2.24) is 5.32 Å². The van der Waals surface area contributed by atoms with Crippen molar-refractivity contribution >= 4 is 21.8 Å². The Bertz CT molecular complexity index is 352. The Balaban J connectivity index is 2.69. The maximum absolute atomic E-state index is 11.7. The average Bonchev–Trinajstić information content (AvgIpc) is 2.22. The van der Waals surface area contributed by atoms with Crippen LogP contribution in [-0.2, 0) is 4.74 Å². The van der Waals surface area contributed by atoms with Crippen LogP contribution in [-0.4, -0.2) is 26.2 Å². The topological polar surface area (TPSA) is 38.3 Å². The Hall–Kier alpha value is -0.870. The van der Waals surface area contributed by atoms with Crippen LogP contribution >= 0.6 is 15.9 Å². The number of hydrogen-bond donors (Lipinski definition) is 1. The molecule has 3 nitrogen and oxygen atoms in total. The smallest absolute Gasteiger partial charge is 0.251 e. The van der Waals surface area contributed by atoms with Crippen LogP contribution in [0, 0.1) is 6.92 Å². The summed E-state index contributed by atoms with van der Waals surface area (Å²) >= 11 is 3.39. The van der Waals surface area contributed by atoms with Crippen LogP contribution in [0.15, 0.2) is 22.7 Å². The highest BCUT2D eigenvalue weighted by Crippen LogP contribution is 2.19. The Kier molecular flexibility index (Phi) is 4.78. The Labute approximate surface area is 97.9 Å². The van der Waals surface area contributed by atoms with Gasteiger partial charge in [-0.1, -0.05) is 22.0 Å². The number of carbonyl (C=O) groups excluding carboxylic acids is 1. The van der Waals surface area contributed by atoms with E-state index >= 15 is 0 Å². The monoisotopic (exact) mass is 271 g/mol. The van der Waals surface area contributed by atoms with Gasteiger partial charge in [0.2, 0.25) is 0 Å². The highest BCUT2D eigenvalue weighted by molar-refractivity contribution is 9.10. The number of halogens is 1. The number of carbonyl (C=O) groups is 1. The number of hydrogen-bond acceptors (Lipinski definition) is 2. The Morgan fingerprint density at radius 2 is 2.27 bits per heavy atom. The highest BCUT2D eigenvalue weighted by atomic mass is 79.9. The van der Waals surface area contributed by atoms with Crippen molar-refractivity contribution in [2.75, 3.05) is 20.3 Å². The van der Waals surface area contributed by atoms with E-state index in [1.165, 1.54) is 0 Å². The number of amides is 1. The average molecular weight is 272 g/mol. The van der Waals surface area contributed by atoms with Gasteiger partial charge in [0.1, 0.15) is 0 Å². The van der Waals surface area contributed by atoms with Gasteiger partial charge in [0.15, 0.2) is 0 Å². The highest BCUT2D eigenvalue weighted by Gasteiger charge is 2.09. The summed E-state index contributed by atoms with van der Waals surface area (Å²) in [5, 5.41) is 2.78. The van der Waals surface area contributed by atoms with Gasteiger partial charge >= 0.3 is 0 Å². The van der Waals surface area contributed by atoms with E-state index in [0.717, 1.165) is 10.0 Å². The molecule has 0 saturated heterocycles. The van der Waals surface area contributed by atoms with Gasteiger partial charge in [0.05, 0.1) is 6.61 Å². The number of rotatable bonds is 4. The summed E-state index contributed by atoms with van der Waals surface area (Å²) < 4.78 is 5.80. The molecule has 0 bridgehead atoms. The van der Waals surface area contributed by atoms with Crippen LogP contribution in [0.4, 0.5) is 0 Å².